The van der Waals surface area contributed by atoms with E-state index < -0.39 is 0 Å². The van der Waals surface area contributed by atoms with E-state index in [2.05, 4.69) is 21.2 Å². The van der Waals surface area contributed by atoms with Gasteiger partial charge >= 0.3 is 0 Å². The fraction of sp³-hybridized carbons (Fsp3) is 0.0714. The van der Waals surface area contributed by atoms with Gasteiger partial charge in [0, 0.05) is 13.7 Å². The number of hydrogen-bond donors (Lipinski definition) is 2. The minimum absolute atomic E-state index is 0.307. The van der Waals surface area contributed by atoms with Crippen molar-refractivity contribution >= 4 is 55.8 Å². The maximum atomic E-state index is 13.0. The highest BCUT2D eigenvalue weighted by molar-refractivity contribution is 14.1. The number of nitrogens with one attached hydrogen (secondary N) is 1. The molecular weight excluding hydrogens is 438 g/mol. The Bertz CT molecular complexity index is 691. The summed E-state index contributed by atoms with van der Waals surface area (Å²) in [6.45, 7) is 1.88. The number of carbonyl (C=O) groups is 1. The van der Waals surface area contributed by atoms with Gasteiger partial charge in [0.05, 0.1) is 11.3 Å². The molecule has 6 heteroatoms. The summed E-state index contributed by atoms with van der Waals surface area (Å²) in [7, 11) is 0. The molecule has 20 heavy (non-hydrogen) atoms. The van der Waals surface area contributed by atoms with E-state index in [1.165, 1.54) is 18.2 Å². The molecule has 3 N–H and O–H groups in total. The first kappa shape index (κ1) is 15.2. The summed E-state index contributed by atoms with van der Waals surface area (Å²) in [6.07, 6.45) is 0. The van der Waals surface area contributed by atoms with E-state index in [1.807, 2.05) is 35.6 Å². The molecule has 3 nitrogen and oxygen atoms in total. The van der Waals surface area contributed by atoms with Crippen LogP contribution in [-0.2, 0) is 0 Å². The smallest absolute Gasteiger partial charge is 0.256 e. The van der Waals surface area contributed by atoms with Gasteiger partial charge in [-0.2, -0.15) is 0 Å². The van der Waals surface area contributed by atoms with Gasteiger partial charge in [-0.25, -0.2) is 4.39 Å². The lowest BCUT2D eigenvalue weighted by molar-refractivity contribution is 0.102. The molecule has 1 amide bonds. The highest BCUT2D eigenvalue weighted by atomic mass is 127. The van der Waals surface area contributed by atoms with Crippen LogP contribution in [0.3, 0.4) is 0 Å². The number of halogens is 3. The summed E-state index contributed by atoms with van der Waals surface area (Å²) in [5.41, 5.74) is 8.34. The minimum atomic E-state index is -0.369. The molecule has 0 radical (unpaired) electrons. The van der Waals surface area contributed by atoms with Gasteiger partial charge in [-0.3, -0.25) is 4.79 Å². The number of anilines is 2. The number of amides is 1. The van der Waals surface area contributed by atoms with Crippen LogP contribution in [-0.4, -0.2) is 5.91 Å². The molecule has 0 saturated carbocycles. The quantitative estimate of drug-likeness (QED) is 0.530. The van der Waals surface area contributed by atoms with Crippen LogP contribution in [0.5, 0.6) is 0 Å². The highest BCUT2D eigenvalue weighted by Gasteiger charge is 2.13. The lowest BCUT2D eigenvalue weighted by Crippen LogP contribution is -2.14. The predicted octanol–water partition coefficient (Wildman–Crippen LogP) is 4.34. The van der Waals surface area contributed by atoms with Crippen molar-refractivity contribution in [3.05, 3.63) is 55.3 Å². The van der Waals surface area contributed by atoms with Gasteiger partial charge in [-0.05, 0) is 81.3 Å². The SMILES string of the molecule is Cc1cc(Br)c(NC(=O)c2ccc(F)cc2I)cc1N. The van der Waals surface area contributed by atoms with Crippen molar-refractivity contribution in [1.29, 1.82) is 0 Å². The molecule has 0 saturated heterocycles. The van der Waals surface area contributed by atoms with Crippen LogP contribution in [0.1, 0.15) is 15.9 Å². The third kappa shape index (κ3) is 3.29. The highest BCUT2D eigenvalue weighted by Crippen LogP contribution is 2.28. The van der Waals surface area contributed by atoms with Crippen molar-refractivity contribution in [1.82, 2.24) is 0 Å². The Balaban J connectivity index is 2.30. The van der Waals surface area contributed by atoms with Gasteiger partial charge in [0.25, 0.3) is 5.91 Å². The van der Waals surface area contributed by atoms with Crippen LogP contribution in [0.15, 0.2) is 34.8 Å². The predicted molar refractivity (Wildman–Crippen MR) is 90.4 cm³/mol. The summed E-state index contributed by atoms with van der Waals surface area (Å²) in [6, 6.07) is 7.55. The minimum Gasteiger partial charge on any atom is -0.398 e. The molecule has 0 atom stereocenters. The lowest BCUT2D eigenvalue weighted by atomic mass is 10.1. The molecule has 0 fully saturated rings. The standard InChI is InChI=1S/C14H11BrFIN2O/c1-7-4-10(15)13(6-12(7)18)19-14(20)9-3-2-8(16)5-11(9)17/h2-6H,18H2,1H3,(H,19,20). The van der Waals surface area contributed by atoms with Crippen LogP contribution in [0.4, 0.5) is 15.8 Å². The number of nitrogen functional groups attached to an aromatic ring is 1. The van der Waals surface area contributed by atoms with Crippen LogP contribution in [0.2, 0.25) is 0 Å². The van der Waals surface area contributed by atoms with Crippen molar-refractivity contribution in [2.75, 3.05) is 11.1 Å². The Kier molecular flexibility index (Phi) is 4.64. The van der Waals surface area contributed by atoms with E-state index in [0.29, 0.717) is 20.5 Å². The molecule has 2 rings (SSSR count). The van der Waals surface area contributed by atoms with Gasteiger partial charge < -0.3 is 11.1 Å². The molecule has 0 aliphatic heterocycles. The Morgan fingerprint density at radius 2 is 2.05 bits per heavy atom. The summed E-state index contributed by atoms with van der Waals surface area (Å²) in [5.74, 6) is -0.676. The van der Waals surface area contributed by atoms with Gasteiger partial charge in [0.2, 0.25) is 0 Å². The molecule has 0 heterocycles. The number of nitrogens with two attached hydrogens (primary N) is 1. The number of hydrogen-bond acceptors (Lipinski definition) is 2. The molecule has 0 aliphatic rings. The first-order valence-electron chi connectivity index (χ1n) is 5.70. The van der Waals surface area contributed by atoms with E-state index >= 15 is 0 Å². The number of aryl methyl sites for hydroxylation is 1. The Morgan fingerprint density at radius 3 is 2.70 bits per heavy atom. The normalized spacial score (nSPS) is 10.4. The van der Waals surface area contributed by atoms with Crippen molar-refractivity contribution < 1.29 is 9.18 Å². The van der Waals surface area contributed by atoms with E-state index in [1.54, 1.807) is 6.07 Å². The largest absolute Gasteiger partial charge is 0.398 e. The fourth-order valence-corrected chi connectivity index (χ4v) is 2.93. The summed E-state index contributed by atoms with van der Waals surface area (Å²) < 4.78 is 14.3. The molecule has 0 bridgehead atoms. The van der Waals surface area contributed by atoms with E-state index in [9.17, 15) is 9.18 Å². The first-order valence-corrected chi connectivity index (χ1v) is 7.57. The van der Waals surface area contributed by atoms with Gasteiger partial charge in [0.15, 0.2) is 0 Å². The fourth-order valence-electron chi connectivity index (χ4n) is 1.65. The summed E-state index contributed by atoms with van der Waals surface area (Å²) >= 11 is 5.31. The van der Waals surface area contributed by atoms with Gasteiger partial charge in [0.1, 0.15) is 5.82 Å². The topological polar surface area (TPSA) is 55.1 Å². The van der Waals surface area contributed by atoms with Crippen LogP contribution in [0, 0.1) is 16.3 Å². The van der Waals surface area contributed by atoms with Crippen LogP contribution < -0.4 is 11.1 Å². The second kappa shape index (κ2) is 6.09. The Labute approximate surface area is 138 Å². The molecule has 2 aromatic rings. The average molecular weight is 449 g/mol. The molecule has 0 spiro atoms. The number of benzene rings is 2. The second-order valence-corrected chi connectivity index (χ2v) is 6.28. The van der Waals surface area contributed by atoms with Crippen molar-refractivity contribution in [2.45, 2.75) is 6.92 Å². The van der Waals surface area contributed by atoms with Crippen molar-refractivity contribution in [3.8, 4) is 0 Å². The zero-order chi connectivity index (χ0) is 14.9. The van der Waals surface area contributed by atoms with Crippen LogP contribution >= 0.6 is 38.5 Å². The maximum Gasteiger partial charge on any atom is 0.256 e. The Morgan fingerprint density at radius 1 is 1.35 bits per heavy atom. The second-order valence-electron chi connectivity index (χ2n) is 4.27. The molecule has 2 aromatic carbocycles. The zero-order valence-electron chi connectivity index (χ0n) is 10.5. The van der Waals surface area contributed by atoms with E-state index in [0.717, 1.165) is 10.0 Å². The molecule has 0 aromatic heterocycles. The maximum absolute atomic E-state index is 13.0. The van der Waals surface area contributed by atoms with Gasteiger partial charge in [-0.1, -0.05) is 0 Å². The number of carbonyl (C=O) groups excluding carboxylic acids is 1. The monoisotopic (exact) mass is 448 g/mol. The number of rotatable bonds is 2. The Hall–Kier alpha value is -1.15. The molecule has 0 aliphatic carbocycles. The third-order valence-electron chi connectivity index (χ3n) is 2.78. The van der Waals surface area contributed by atoms with Gasteiger partial charge in [-0.15, -0.1) is 0 Å². The zero-order valence-corrected chi connectivity index (χ0v) is 14.2. The van der Waals surface area contributed by atoms with E-state index in [4.69, 9.17) is 5.73 Å². The van der Waals surface area contributed by atoms with Crippen molar-refractivity contribution in [3.63, 3.8) is 0 Å². The van der Waals surface area contributed by atoms with Crippen LogP contribution in [0.25, 0.3) is 0 Å². The molecule has 104 valence electrons. The third-order valence-corrected chi connectivity index (χ3v) is 4.33. The summed E-state index contributed by atoms with van der Waals surface area (Å²) in [4.78, 5) is 12.2. The first-order chi connectivity index (χ1) is 9.38. The van der Waals surface area contributed by atoms with Crippen molar-refractivity contribution in [2.24, 2.45) is 0 Å². The van der Waals surface area contributed by atoms with E-state index in [-0.39, 0.29) is 11.7 Å². The lowest BCUT2D eigenvalue weighted by Gasteiger charge is -2.11. The molecular formula is C14H11BrFIN2O. The average Bonchev–Trinajstić information content (AvgIpc) is 2.35. The summed E-state index contributed by atoms with van der Waals surface area (Å²) in [5, 5.41) is 2.76. The molecule has 0 unspecified atom stereocenters.